The Morgan fingerprint density at radius 2 is 1.76 bits per heavy atom. The van der Waals surface area contributed by atoms with E-state index in [1.807, 2.05) is 53.4 Å². The second-order valence-electron chi connectivity index (χ2n) is 7.75. The van der Waals surface area contributed by atoms with Gasteiger partial charge >= 0.3 is 6.03 Å². The lowest BCUT2D eigenvalue weighted by molar-refractivity contribution is 0.249. The van der Waals surface area contributed by atoms with Gasteiger partial charge in [0.2, 0.25) is 0 Å². The molecule has 2 aromatic carbocycles. The first-order chi connectivity index (χ1) is 14.1. The lowest BCUT2D eigenvalue weighted by atomic mass is 9.90. The number of nitrogens with one attached hydrogen (secondary N) is 1. The molecule has 0 unspecified atom stereocenters. The number of aromatic nitrogens is 2. The van der Waals surface area contributed by atoms with E-state index < -0.39 is 0 Å². The maximum absolute atomic E-state index is 13.3. The molecule has 0 saturated heterocycles. The monoisotopic (exact) mass is 386 g/mol. The fourth-order valence-corrected chi connectivity index (χ4v) is 3.66. The Kier molecular flexibility index (Phi) is 5.56. The number of para-hydroxylation sites is 1. The van der Waals surface area contributed by atoms with E-state index in [1.54, 1.807) is 12.4 Å². The number of amides is 2. The molecule has 1 aliphatic carbocycles. The minimum absolute atomic E-state index is 0.151. The molecule has 2 amide bonds. The summed E-state index contributed by atoms with van der Waals surface area (Å²) < 4.78 is 0. The van der Waals surface area contributed by atoms with Crippen molar-refractivity contribution < 1.29 is 4.79 Å². The first kappa shape index (κ1) is 19.1. The van der Waals surface area contributed by atoms with Crippen LogP contribution in [0.5, 0.6) is 0 Å². The van der Waals surface area contributed by atoms with Crippen molar-refractivity contribution in [3.8, 4) is 11.3 Å². The van der Waals surface area contributed by atoms with Crippen LogP contribution in [0.4, 0.5) is 16.3 Å². The molecule has 1 aliphatic rings. The summed E-state index contributed by atoms with van der Waals surface area (Å²) in [5, 5.41) is 2.98. The van der Waals surface area contributed by atoms with Crippen LogP contribution in [-0.4, -0.2) is 22.0 Å². The molecule has 0 spiro atoms. The smallest absolute Gasteiger partial charge is 0.291 e. The van der Waals surface area contributed by atoms with Gasteiger partial charge in [-0.2, -0.15) is 0 Å². The number of carbonyl (C=O) groups excluding carboxylic acids is 1. The molecule has 3 aromatic rings. The summed E-state index contributed by atoms with van der Waals surface area (Å²) in [5.41, 5.74) is 3.87. The van der Waals surface area contributed by atoms with Crippen LogP contribution in [-0.2, 0) is 0 Å². The summed E-state index contributed by atoms with van der Waals surface area (Å²) in [6.07, 6.45) is 6.51. The van der Waals surface area contributed by atoms with Gasteiger partial charge in [0.25, 0.3) is 0 Å². The van der Waals surface area contributed by atoms with Gasteiger partial charge in [-0.15, -0.1) is 0 Å². The number of hydrogen-bond donors (Lipinski definition) is 1. The van der Waals surface area contributed by atoms with Gasteiger partial charge in [-0.1, -0.05) is 62.4 Å². The highest BCUT2D eigenvalue weighted by molar-refractivity contribution is 6.02. The van der Waals surface area contributed by atoms with Crippen LogP contribution in [0, 0.1) is 0 Å². The minimum Gasteiger partial charge on any atom is -0.291 e. The number of rotatable bonds is 5. The van der Waals surface area contributed by atoms with Crippen LogP contribution in [0.15, 0.2) is 67.0 Å². The standard InChI is InChI=1S/C24H26N4O/c1-17(2)20-13-6-7-14-22(20)28(19-11-8-12-19)24(29)27-23-16-25-15-21(26-23)18-9-4-3-5-10-18/h3-7,9-10,13-17,19H,8,11-12H2,1-2H3,(H,26,27,29). The Morgan fingerprint density at radius 1 is 1.03 bits per heavy atom. The molecular weight excluding hydrogens is 360 g/mol. The Balaban J connectivity index is 1.62. The van der Waals surface area contributed by atoms with E-state index in [0.717, 1.165) is 36.2 Å². The minimum atomic E-state index is -0.151. The van der Waals surface area contributed by atoms with Gasteiger partial charge in [0.05, 0.1) is 18.1 Å². The van der Waals surface area contributed by atoms with E-state index in [-0.39, 0.29) is 12.1 Å². The molecule has 1 saturated carbocycles. The van der Waals surface area contributed by atoms with Crippen molar-refractivity contribution in [1.29, 1.82) is 0 Å². The predicted molar refractivity (Wildman–Crippen MR) is 117 cm³/mol. The van der Waals surface area contributed by atoms with Gasteiger partial charge in [-0.3, -0.25) is 15.2 Å². The van der Waals surface area contributed by atoms with Crippen LogP contribution in [0.2, 0.25) is 0 Å². The predicted octanol–water partition coefficient (Wildman–Crippen LogP) is 5.86. The third-order valence-electron chi connectivity index (χ3n) is 5.42. The number of urea groups is 1. The molecule has 29 heavy (non-hydrogen) atoms. The highest BCUT2D eigenvalue weighted by atomic mass is 16.2. The summed E-state index contributed by atoms with van der Waals surface area (Å²) >= 11 is 0. The van der Waals surface area contributed by atoms with Crippen molar-refractivity contribution in [2.45, 2.75) is 45.1 Å². The number of hydrogen-bond acceptors (Lipinski definition) is 3. The van der Waals surface area contributed by atoms with Crippen molar-refractivity contribution in [2.24, 2.45) is 0 Å². The number of anilines is 2. The number of carbonyl (C=O) groups is 1. The van der Waals surface area contributed by atoms with Crippen LogP contribution in [0.3, 0.4) is 0 Å². The zero-order valence-corrected chi connectivity index (χ0v) is 16.9. The Labute approximate surface area is 171 Å². The van der Waals surface area contributed by atoms with Crippen molar-refractivity contribution in [3.63, 3.8) is 0 Å². The highest BCUT2D eigenvalue weighted by Crippen LogP contribution is 2.35. The maximum Gasteiger partial charge on any atom is 0.327 e. The van der Waals surface area contributed by atoms with Crippen molar-refractivity contribution >= 4 is 17.5 Å². The topological polar surface area (TPSA) is 58.1 Å². The van der Waals surface area contributed by atoms with E-state index in [1.165, 1.54) is 5.56 Å². The van der Waals surface area contributed by atoms with Gasteiger partial charge in [0.15, 0.2) is 5.82 Å². The number of nitrogens with zero attached hydrogens (tertiary/aromatic N) is 3. The second-order valence-corrected chi connectivity index (χ2v) is 7.75. The maximum atomic E-state index is 13.3. The summed E-state index contributed by atoms with van der Waals surface area (Å²) in [5.74, 6) is 0.797. The molecule has 148 valence electrons. The molecule has 0 aliphatic heterocycles. The fraction of sp³-hybridized carbons (Fsp3) is 0.292. The fourth-order valence-electron chi connectivity index (χ4n) is 3.66. The molecule has 4 rings (SSSR count). The lowest BCUT2D eigenvalue weighted by Gasteiger charge is -2.38. The summed E-state index contributed by atoms with van der Waals surface area (Å²) in [7, 11) is 0. The number of benzene rings is 2. The van der Waals surface area contributed by atoms with E-state index in [0.29, 0.717) is 11.7 Å². The van der Waals surface area contributed by atoms with Crippen LogP contribution >= 0.6 is 0 Å². The van der Waals surface area contributed by atoms with Crippen molar-refractivity contribution in [1.82, 2.24) is 9.97 Å². The van der Waals surface area contributed by atoms with Gasteiger partial charge < -0.3 is 0 Å². The molecule has 1 fully saturated rings. The lowest BCUT2D eigenvalue weighted by Crippen LogP contribution is -2.47. The zero-order valence-electron chi connectivity index (χ0n) is 16.9. The van der Waals surface area contributed by atoms with Crippen molar-refractivity contribution in [2.75, 3.05) is 10.2 Å². The Hall–Kier alpha value is -3.21. The van der Waals surface area contributed by atoms with Gasteiger partial charge in [-0.05, 0) is 36.8 Å². The molecular formula is C24H26N4O. The third kappa shape index (κ3) is 4.14. The summed E-state index contributed by atoms with van der Waals surface area (Å²) in [4.78, 5) is 24.1. The first-order valence-electron chi connectivity index (χ1n) is 10.2. The van der Waals surface area contributed by atoms with E-state index in [2.05, 4.69) is 35.2 Å². The van der Waals surface area contributed by atoms with Gasteiger partial charge in [-0.25, -0.2) is 9.78 Å². The third-order valence-corrected chi connectivity index (χ3v) is 5.42. The zero-order chi connectivity index (χ0) is 20.2. The van der Waals surface area contributed by atoms with E-state index in [9.17, 15) is 4.79 Å². The van der Waals surface area contributed by atoms with Gasteiger partial charge in [0, 0.05) is 17.3 Å². The van der Waals surface area contributed by atoms with Gasteiger partial charge in [0.1, 0.15) is 0 Å². The highest BCUT2D eigenvalue weighted by Gasteiger charge is 2.32. The molecule has 1 N–H and O–H groups in total. The quantitative estimate of drug-likeness (QED) is 0.598. The molecule has 5 nitrogen and oxygen atoms in total. The van der Waals surface area contributed by atoms with Crippen LogP contribution in [0.25, 0.3) is 11.3 Å². The summed E-state index contributed by atoms with van der Waals surface area (Å²) in [6, 6.07) is 18.1. The average Bonchev–Trinajstić information content (AvgIpc) is 2.71. The molecule has 1 aromatic heterocycles. The second kappa shape index (κ2) is 8.43. The molecule has 0 radical (unpaired) electrons. The average molecular weight is 386 g/mol. The first-order valence-corrected chi connectivity index (χ1v) is 10.2. The molecule has 0 atom stereocenters. The molecule has 0 bridgehead atoms. The van der Waals surface area contributed by atoms with Crippen LogP contribution < -0.4 is 10.2 Å². The Bertz CT molecular complexity index is 983. The Morgan fingerprint density at radius 3 is 2.45 bits per heavy atom. The van der Waals surface area contributed by atoms with E-state index in [4.69, 9.17) is 0 Å². The van der Waals surface area contributed by atoms with Crippen molar-refractivity contribution in [3.05, 3.63) is 72.6 Å². The molecule has 1 heterocycles. The normalized spacial score (nSPS) is 13.8. The summed E-state index contributed by atoms with van der Waals surface area (Å²) in [6.45, 7) is 4.31. The van der Waals surface area contributed by atoms with E-state index >= 15 is 0 Å². The SMILES string of the molecule is CC(C)c1ccccc1N(C(=O)Nc1cncc(-c2ccccc2)n1)C1CCC1. The molecule has 5 heteroatoms. The van der Waals surface area contributed by atoms with Crippen LogP contribution in [0.1, 0.15) is 44.6 Å². The largest absolute Gasteiger partial charge is 0.327 e.